The first-order valence-electron chi connectivity index (χ1n) is 4.58. The lowest BCUT2D eigenvalue weighted by Crippen LogP contribution is -2.13. The monoisotopic (exact) mass is 205 g/mol. The van der Waals surface area contributed by atoms with Gasteiger partial charge >= 0.3 is 0 Å². The van der Waals surface area contributed by atoms with Gasteiger partial charge in [-0.25, -0.2) is 0 Å². The molecule has 0 saturated heterocycles. The first-order chi connectivity index (χ1) is 7.22. The first kappa shape index (κ1) is 11.3. The Kier molecular flexibility index (Phi) is 4.37. The van der Waals surface area contributed by atoms with Crippen LogP contribution in [0, 0.1) is 5.41 Å². The lowest BCUT2D eigenvalue weighted by atomic mass is 10.3. The molecule has 0 fully saturated rings. The van der Waals surface area contributed by atoms with Crippen molar-refractivity contribution in [1.82, 2.24) is 0 Å². The van der Waals surface area contributed by atoms with Crippen molar-refractivity contribution >= 4 is 11.4 Å². The van der Waals surface area contributed by atoms with E-state index in [1.165, 1.54) is 6.08 Å². The molecule has 4 heteroatoms. The summed E-state index contributed by atoms with van der Waals surface area (Å²) in [6.07, 6.45) is 1.54. The molecule has 1 aromatic rings. The van der Waals surface area contributed by atoms with E-state index in [4.69, 9.17) is 15.9 Å². The number of benzene rings is 1. The average Bonchev–Trinajstić information content (AvgIpc) is 2.19. The van der Waals surface area contributed by atoms with Crippen molar-refractivity contribution in [2.24, 2.45) is 5.73 Å². The third-order valence-corrected chi connectivity index (χ3v) is 1.69. The number of anilines is 1. The molecule has 4 N–H and O–H groups in total. The van der Waals surface area contributed by atoms with Crippen molar-refractivity contribution in [3.63, 3.8) is 0 Å². The minimum atomic E-state index is 0.261. The Morgan fingerprint density at radius 2 is 2.13 bits per heavy atom. The van der Waals surface area contributed by atoms with Crippen LogP contribution >= 0.6 is 0 Å². The van der Waals surface area contributed by atoms with E-state index in [0.717, 1.165) is 5.69 Å². The third-order valence-electron chi connectivity index (χ3n) is 1.69. The van der Waals surface area contributed by atoms with Crippen LogP contribution in [0.25, 0.3) is 0 Å². The number of hydrogen-bond donors (Lipinski definition) is 3. The van der Waals surface area contributed by atoms with Gasteiger partial charge < -0.3 is 21.2 Å². The van der Waals surface area contributed by atoms with Crippen molar-refractivity contribution in [3.8, 4) is 0 Å². The molecule has 1 rings (SSSR count). The smallest absolute Gasteiger partial charge is 0.102 e. The van der Waals surface area contributed by atoms with Gasteiger partial charge in [0.2, 0.25) is 0 Å². The van der Waals surface area contributed by atoms with E-state index in [9.17, 15) is 0 Å². The van der Waals surface area contributed by atoms with Gasteiger partial charge in [-0.15, -0.1) is 0 Å². The molecule has 0 heterocycles. The quantitative estimate of drug-likeness (QED) is 0.639. The summed E-state index contributed by atoms with van der Waals surface area (Å²) in [4.78, 5) is 0. The molecule has 0 atom stereocenters. The molecule has 0 unspecified atom stereocenters. The summed E-state index contributed by atoms with van der Waals surface area (Å²) in [6.45, 7) is 0.261. The van der Waals surface area contributed by atoms with Gasteiger partial charge in [-0.1, -0.05) is 18.2 Å². The van der Waals surface area contributed by atoms with Crippen LogP contribution in [-0.2, 0) is 4.74 Å². The van der Waals surface area contributed by atoms with Gasteiger partial charge in [0, 0.05) is 18.9 Å². The number of nitrogens with one attached hydrogen (secondary N) is 2. The first-order valence-corrected chi connectivity index (χ1v) is 4.58. The highest BCUT2D eigenvalue weighted by molar-refractivity contribution is 5.94. The molecule has 0 aliphatic rings. The van der Waals surface area contributed by atoms with Gasteiger partial charge in [-0.05, 0) is 12.1 Å². The lowest BCUT2D eigenvalue weighted by molar-refractivity contribution is 0.245. The minimum absolute atomic E-state index is 0.261. The SMILES string of the molecule is COCC(=N)/C=C(/N)Nc1ccccc1. The van der Waals surface area contributed by atoms with Crippen molar-refractivity contribution in [1.29, 1.82) is 5.41 Å². The van der Waals surface area contributed by atoms with E-state index < -0.39 is 0 Å². The Morgan fingerprint density at radius 3 is 2.73 bits per heavy atom. The molecule has 4 nitrogen and oxygen atoms in total. The average molecular weight is 205 g/mol. The normalized spacial score (nSPS) is 11.1. The van der Waals surface area contributed by atoms with Crippen LogP contribution < -0.4 is 11.1 Å². The molecule has 0 amide bonds. The fourth-order valence-corrected chi connectivity index (χ4v) is 1.11. The molecule has 15 heavy (non-hydrogen) atoms. The zero-order chi connectivity index (χ0) is 11.1. The van der Waals surface area contributed by atoms with Crippen LogP contribution in [0.2, 0.25) is 0 Å². The number of ether oxygens (including phenoxy) is 1. The predicted molar refractivity (Wildman–Crippen MR) is 61.9 cm³/mol. The van der Waals surface area contributed by atoms with E-state index in [1.807, 2.05) is 30.3 Å². The van der Waals surface area contributed by atoms with Gasteiger partial charge in [0.15, 0.2) is 0 Å². The van der Waals surface area contributed by atoms with Gasteiger partial charge in [-0.3, -0.25) is 0 Å². The summed E-state index contributed by atoms with van der Waals surface area (Å²) in [7, 11) is 1.54. The minimum Gasteiger partial charge on any atom is -0.385 e. The summed E-state index contributed by atoms with van der Waals surface area (Å²) < 4.78 is 4.80. The summed E-state index contributed by atoms with van der Waals surface area (Å²) >= 11 is 0. The van der Waals surface area contributed by atoms with Crippen LogP contribution in [0.15, 0.2) is 42.2 Å². The Labute approximate surface area is 89.3 Å². The fraction of sp³-hybridized carbons (Fsp3) is 0.182. The van der Waals surface area contributed by atoms with Crippen molar-refractivity contribution in [2.45, 2.75) is 0 Å². The molecule has 0 aliphatic carbocycles. The predicted octanol–water partition coefficient (Wildman–Crippen LogP) is 1.56. The molecule has 0 bridgehead atoms. The van der Waals surface area contributed by atoms with Gasteiger partial charge in [0.05, 0.1) is 12.3 Å². The highest BCUT2D eigenvalue weighted by Crippen LogP contribution is 2.06. The van der Waals surface area contributed by atoms with Crippen LogP contribution in [0.4, 0.5) is 5.69 Å². The molecule has 0 spiro atoms. The maximum absolute atomic E-state index is 7.46. The molecule has 0 aliphatic heterocycles. The highest BCUT2D eigenvalue weighted by atomic mass is 16.5. The Balaban J connectivity index is 2.55. The van der Waals surface area contributed by atoms with E-state index in [1.54, 1.807) is 7.11 Å². The number of hydrogen-bond acceptors (Lipinski definition) is 4. The molecule has 80 valence electrons. The zero-order valence-corrected chi connectivity index (χ0v) is 8.66. The zero-order valence-electron chi connectivity index (χ0n) is 8.66. The summed E-state index contributed by atoms with van der Waals surface area (Å²) in [5.41, 5.74) is 6.92. The second-order valence-electron chi connectivity index (χ2n) is 3.05. The summed E-state index contributed by atoms with van der Waals surface area (Å²) in [5.74, 6) is 0.434. The lowest BCUT2D eigenvalue weighted by Gasteiger charge is -2.06. The van der Waals surface area contributed by atoms with Crippen molar-refractivity contribution in [3.05, 3.63) is 42.2 Å². The molecular formula is C11H15N3O. The molecule has 1 aromatic carbocycles. The van der Waals surface area contributed by atoms with Crippen LogP contribution in [-0.4, -0.2) is 19.4 Å². The Hall–Kier alpha value is -1.81. The van der Waals surface area contributed by atoms with Crippen molar-refractivity contribution in [2.75, 3.05) is 19.0 Å². The number of nitrogens with two attached hydrogens (primary N) is 1. The maximum Gasteiger partial charge on any atom is 0.102 e. The van der Waals surface area contributed by atoms with Crippen LogP contribution in [0.3, 0.4) is 0 Å². The number of para-hydroxylation sites is 1. The van der Waals surface area contributed by atoms with E-state index >= 15 is 0 Å². The topological polar surface area (TPSA) is 71.1 Å². The third kappa shape index (κ3) is 4.28. The molecule has 0 aromatic heterocycles. The number of methoxy groups -OCH3 is 1. The Bertz CT molecular complexity index is 346. The molecule has 0 saturated carbocycles. The van der Waals surface area contributed by atoms with Crippen molar-refractivity contribution < 1.29 is 4.74 Å². The summed E-state index contributed by atoms with van der Waals surface area (Å²) in [5, 5.41) is 10.4. The number of rotatable bonds is 5. The Morgan fingerprint density at radius 1 is 1.47 bits per heavy atom. The van der Waals surface area contributed by atoms with Gasteiger partial charge in [0.25, 0.3) is 0 Å². The molecule has 0 radical (unpaired) electrons. The van der Waals surface area contributed by atoms with Crippen LogP contribution in [0.5, 0.6) is 0 Å². The standard InChI is InChI=1S/C11H15N3O/c1-15-8-9(12)7-11(13)14-10-5-3-2-4-6-10/h2-7,12,14H,8,13H2,1H3/b11-7-,12-9?. The fourth-order valence-electron chi connectivity index (χ4n) is 1.11. The largest absolute Gasteiger partial charge is 0.385 e. The maximum atomic E-state index is 7.46. The second kappa shape index (κ2) is 5.82. The van der Waals surface area contributed by atoms with E-state index in [-0.39, 0.29) is 6.61 Å². The van der Waals surface area contributed by atoms with Gasteiger partial charge in [-0.2, -0.15) is 0 Å². The molecular weight excluding hydrogens is 190 g/mol. The van der Waals surface area contributed by atoms with Gasteiger partial charge in [0.1, 0.15) is 5.82 Å². The van der Waals surface area contributed by atoms with E-state index in [0.29, 0.717) is 11.5 Å². The van der Waals surface area contributed by atoms with E-state index in [2.05, 4.69) is 5.32 Å². The summed E-state index contributed by atoms with van der Waals surface area (Å²) in [6, 6.07) is 9.56. The van der Waals surface area contributed by atoms with Crippen LogP contribution in [0.1, 0.15) is 0 Å². The highest BCUT2D eigenvalue weighted by Gasteiger charge is 1.95. The second-order valence-corrected chi connectivity index (χ2v) is 3.05.